The average molecular weight is 235 g/mol. The smallest absolute Gasteiger partial charge is 0.246 e. The third-order valence-corrected chi connectivity index (χ3v) is 2.68. The van der Waals surface area contributed by atoms with Crippen molar-refractivity contribution < 1.29 is 14.3 Å². The van der Waals surface area contributed by atoms with E-state index in [1.807, 2.05) is 26.8 Å². The molecule has 0 aromatic heterocycles. The second-order valence-electron chi connectivity index (χ2n) is 4.87. The molecule has 0 aliphatic carbocycles. The number of hydrogen-bond acceptors (Lipinski definition) is 4. The Hall–Kier alpha value is -1.55. The SMILES string of the molecule is Cc1cc2c(cc1C(=O)C(C)N)OC(C)(C)O2. The maximum absolute atomic E-state index is 11.9. The lowest BCUT2D eigenvalue weighted by Crippen LogP contribution is -2.29. The highest BCUT2D eigenvalue weighted by Gasteiger charge is 2.33. The molecule has 1 unspecified atom stereocenters. The second-order valence-corrected chi connectivity index (χ2v) is 4.87. The topological polar surface area (TPSA) is 61.6 Å². The van der Waals surface area contributed by atoms with Crippen LogP contribution in [0.3, 0.4) is 0 Å². The number of fused-ring (bicyclic) bond motifs is 1. The van der Waals surface area contributed by atoms with Crippen molar-refractivity contribution in [3.8, 4) is 11.5 Å². The van der Waals surface area contributed by atoms with Gasteiger partial charge in [-0.25, -0.2) is 0 Å². The summed E-state index contributed by atoms with van der Waals surface area (Å²) in [6.45, 7) is 7.20. The molecule has 4 nitrogen and oxygen atoms in total. The van der Waals surface area contributed by atoms with Crippen molar-refractivity contribution in [1.29, 1.82) is 0 Å². The summed E-state index contributed by atoms with van der Waals surface area (Å²) in [5.41, 5.74) is 7.07. The van der Waals surface area contributed by atoms with Crippen LogP contribution in [-0.2, 0) is 0 Å². The van der Waals surface area contributed by atoms with Gasteiger partial charge in [0, 0.05) is 19.4 Å². The van der Waals surface area contributed by atoms with Crippen molar-refractivity contribution >= 4 is 5.78 Å². The van der Waals surface area contributed by atoms with Crippen LogP contribution in [0.4, 0.5) is 0 Å². The Balaban J connectivity index is 2.44. The number of aryl methyl sites for hydroxylation is 1. The predicted molar refractivity (Wildman–Crippen MR) is 64.5 cm³/mol. The van der Waals surface area contributed by atoms with Gasteiger partial charge >= 0.3 is 0 Å². The van der Waals surface area contributed by atoms with Crippen molar-refractivity contribution in [2.45, 2.75) is 39.5 Å². The van der Waals surface area contributed by atoms with E-state index in [0.29, 0.717) is 17.1 Å². The first-order chi connectivity index (χ1) is 7.80. The van der Waals surface area contributed by atoms with Crippen LogP contribution in [0.2, 0.25) is 0 Å². The van der Waals surface area contributed by atoms with Crippen molar-refractivity contribution in [3.63, 3.8) is 0 Å². The molecule has 2 rings (SSSR count). The first kappa shape index (κ1) is 11.9. The van der Waals surface area contributed by atoms with E-state index in [2.05, 4.69) is 0 Å². The molecule has 1 aromatic carbocycles. The van der Waals surface area contributed by atoms with E-state index in [1.165, 1.54) is 0 Å². The molecule has 2 N–H and O–H groups in total. The van der Waals surface area contributed by atoms with Gasteiger partial charge < -0.3 is 15.2 Å². The van der Waals surface area contributed by atoms with Gasteiger partial charge in [0.1, 0.15) is 0 Å². The molecular weight excluding hydrogens is 218 g/mol. The largest absolute Gasteiger partial charge is 0.449 e. The van der Waals surface area contributed by atoms with E-state index < -0.39 is 11.8 Å². The number of rotatable bonds is 2. The van der Waals surface area contributed by atoms with Gasteiger partial charge in [0.15, 0.2) is 17.3 Å². The second kappa shape index (κ2) is 3.74. The van der Waals surface area contributed by atoms with Crippen molar-refractivity contribution in [2.75, 3.05) is 0 Å². The molecule has 0 saturated heterocycles. The van der Waals surface area contributed by atoms with Crippen LogP contribution in [0.5, 0.6) is 11.5 Å². The molecular formula is C13H17NO3. The molecule has 17 heavy (non-hydrogen) atoms. The normalized spacial score (nSPS) is 17.9. The number of benzene rings is 1. The molecule has 1 aliphatic heterocycles. The Morgan fingerprint density at radius 2 is 1.82 bits per heavy atom. The molecule has 0 saturated carbocycles. The van der Waals surface area contributed by atoms with Gasteiger partial charge in [-0.1, -0.05) is 0 Å². The zero-order valence-corrected chi connectivity index (χ0v) is 10.5. The quantitative estimate of drug-likeness (QED) is 0.797. The molecule has 1 aromatic rings. The zero-order chi connectivity index (χ0) is 12.8. The Morgan fingerprint density at radius 1 is 1.29 bits per heavy atom. The van der Waals surface area contributed by atoms with Crippen LogP contribution in [0, 0.1) is 6.92 Å². The van der Waals surface area contributed by atoms with Gasteiger partial charge in [0.25, 0.3) is 0 Å². The van der Waals surface area contributed by atoms with Crippen LogP contribution in [-0.4, -0.2) is 17.6 Å². The van der Waals surface area contributed by atoms with Gasteiger partial charge in [0.05, 0.1) is 6.04 Å². The van der Waals surface area contributed by atoms with Gasteiger partial charge in [-0.2, -0.15) is 0 Å². The fraction of sp³-hybridized carbons (Fsp3) is 0.462. The summed E-state index contributed by atoms with van der Waals surface area (Å²) < 4.78 is 11.2. The Kier molecular flexibility index (Phi) is 2.62. The minimum absolute atomic E-state index is 0.0846. The standard InChI is InChI=1S/C13H17NO3/c1-7-5-10-11(17-13(3,4)16-10)6-9(7)12(15)8(2)14/h5-6,8H,14H2,1-4H3. The highest BCUT2D eigenvalue weighted by atomic mass is 16.7. The molecule has 0 bridgehead atoms. The van der Waals surface area contributed by atoms with Crippen molar-refractivity contribution in [2.24, 2.45) is 5.73 Å². The lowest BCUT2D eigenvalue weighted by Gasteiger charge is -2.16. The first-order valence-corrected chi connectivity index (χ1v) is 5.62. The maximum Gasteiger partial charge on any atom is 0.246 e. The lowest BCUT2D eigenvalue weighted by atomic mass is 10.00. The van der Waals surface area contributed by atoms with Crippen LogP contribution >= 0.6 is 0 Å². The molecule has 0 spiro atoms. The van der Waals surface area contributed by atoms with E-state index in [4.69, 9.17) is 15.2 Å². The third-order valence-electron chi connectivity index (χ3n) is 2.68. The van der Waals surface area contributed by atoms with Gasteiger partial charge in [-0.05, 0) is 31.5 Å². The lowest BCUT2D eigenvalue weighted by molar-refractivity contribution is -0.0431. The molecule has 0 amide bonds. The molecule has 1 atom stereocenters. The zero-order valence-electron chi connectivity index (χ0n) is 10.5. The number of ether oxygens (including phenoxy) is 2. The summed E-state index contributed by atoms with van der Waals surface area (Å²) in [5.74, 6) is 0.516. The Bertz CT molecular complexity index is 478. The predicted octanol–water partition coefficient (Wildman–Crippen LogP) is 2.03. The fourth-order valence-corrected chi connectivity index (χ4v) is 1.88. The summed E-state index contributed by atoms with van der Waals surface area (Å²) in [6.07, 6.45) is 0. The summed E-state index contributed by atoms with van der Waals surface area (Å²) in [7, 11) is 0. The molecule has 4 heteroatoms. The summed E-state index contributed by atoms with van der Waals surface area (Å²) >= 11 is 0. The van der Waals surface area contributed by atoms with Gasteiger partial charge in [0.2, 0.25) is 5.79 Å². The van der Waals surface area contributed by atoms with E-state index >= 15 is 0 Å². The van der Waals surface area contributed by atoms with Gasteiger partial charge in [-0.3, -0.25) is 4.79 Å². The van der Waals surface area contributed by atoms with Gasteiger partial charge in [-0.15, -0.1) is 0 Å². The number of Topliss-reactive ketones (excluding diaryl/α,β-unsaturated/α-hetero) is 1. The van der Waals surface area contributed by atoms with Crippen LogP contribution < -0.4 is 15.2 Å². The fourth-order valence-electron chi connectivity index (χ4n) is 1.88. The number of ketones is 1. The number of nitrogens with two attached hydrogens (primary N) is 1. The Labute approximate surface area is 101 Å². The molecule has 92 valence electrons. The first-order valence-electron chi connectivity index (χ1n) is 5.62. The number of hydrogen-bond donors (Lipinski definition) is 1. The molecule has 0 fully saturated rings. The third kappa shape index (κ3) is 2.13. The van der Waals surface area contributed by atoms with Crippen LogP contribution in [0.15, 0.2) is 12.1 Å². The molecule has 1 aliphatic rings. The van der Waals surface area contributed by atoms with E-state index in [0.717, 1.165) is 5.56 Å². The van der Waals surface area contributed by atoms with E-state index in [9.17, 15) is 4.79 Å². The van der Waals surface area contributed by atoms with E-state index in [1.54, 1.807) is 13.0 Å². The number of carbonyl (C=O) groups is 1. The Morgan fingerprint density at radius 3 is 2.35 bits per heavy atom. The van der Waals surface area contributed by atoms with Crippen LogP contribution in [0.25, 0.3) is 0 Å². The summed E-state index contributed by atoms with van der Waals surface area (Å²) in [5, 5.41) is 0. The number of carbonyl (C=O) groups excluding carboxylic acids is 1. The average Bonchev–Trinajstić information content (AvgIpc) is 2.48. The summed E-state index contributed by atoms with van der Waals surface area (Å²) in [6, 6.07) is 3.02. The minimum atomic E-state index is -0.676. The molecule has 1 heterocycles. The van der Waals surface area contributed by atoms with Crippen molar-refractivity contribution in [3.05, 3.63) is 23.3 Å². The maximum atomic E-state index is 11.9. The van der Waals surface area contributed by atoms with E-state index in [-0.39, 0.29) is 5.78 Å². The highest BCUT2D eigenvalue weighted by molar-refractivity contribution is 6.01. The monoisotopic (exact) mass is 235 g/mol. The van der Waals surface area contributed by atoms with Crippen molar-refractivity contribution in [1.82, 2.24) is 0 Å². The highest BCUT2D eigenvalue weighted by Crippen LogP contribution is 2.40. The summed E-state index contributed by atoms with van der Waals surface area (Å²) in [4.78, 5) is 11.9. The minimum Gasteiger partial charge on any atom is -0.449 e. The molecule has 0 radical (unpaired) electrons. The van der Waals surface area contributed by atoms with Crippen LogP contribution in [0.1, 0.15) is 36.7 Å².